The maximum atomic E-state index is 10.0. The molecular formula is C45H30N4O. The van der Waals surface area contributed by atoms with E-state index in [4.69, 9.17) is 4.42 Å². The van der Waals surface area contributed by atoms with E-state index in [1.165, 1.54) is 16.6 Å². The van der Waals surface area contributed by atoms with Crippen molar-refractivity contribution in [3.8, 4) is 29.0 Å². The predicted molar refractivity (Wildman–Crippen MR) is 203 cm³/mol. The molecule has 3 heterocycles. The second-order valence-corrected chi connectivity index (χ2v) is 13.6. The van der Waals surface area contributed by atoms with Crippen molar-refractivity contribution in [1.82, 2.24) is 9.13 Å². The largest absolute Gasteiger partial charge is 0.454 e. The van der Waals surface area contributed by atoms with E-state index in [1.807, 2.05) is 42.5 Å². The highest BCUT2D eigenvalue weighted by Gasteiger charge is 2.25. The number of rotatable bonds is 3. The molecule has 0 saturated heterocycles. The number of nitrogens with zero attached hydrogens (tertiary/aromatic N) is 4. The van der Waals surface area contributed by atoms with E-state index in [9.17, 15) is 10.5 Å². The third kappa shape index (κ3) is 4.04. The van der Waals surface area contributed by atoms with Crippen molar-refractivity contribution < 1.29 is 4.42 Å². The summed E-state index contributed by atoms with van der Waals surface area (Å²) in [5.74, 6) is 1.44. The molecule has 0 spiro atoms. The second-order valence-electron chi connectivity index (χ2n) is 13.6. The maximum Gasteiger partial charge on any atom is 0.159 e. The first-order chi connectivity index (χ1) is 24.6. The van der Waals surface area contributed by atoms with Crippen LogP contribution in [0.3, 0.4) is 0 Å². The normalized spacial score (nSPS) is 15.6. The monoisotopic (exact) mass is 642 g/mol. The summed E-state index contributed by atoms with van der Waals surface area (Å²) in [6, 6.07) is 36.0. The summed E-state index contributed by atoms with van der Waals surface area (Å²) in [5, 5.41) is 25.3. The summed E-state index contributed by atoms with van der Waals surface area (Å²) in [4.78, 5) is 0. The summed E-state index contributed by atoms with van der Waals surface area (Å²) in [6.07, 6.45) is 13.9. The van der Waals surface area contributed by atoms with Gasteiger partial charge in [-0.1, -0.05) is 67.6 Å². The summed E-state index contributed by atoms with van der Waals surface area (Å²) >= 11 is 0. The Balaban J connectivity index is 1.26. The van der Waals surface area contributed by atoms with E-state index >= 15 is 0 Å². The fourth-order valence-electron chi connectivity index (χ4n) is 8.28. The SMILES string of the molecule is CC1C=Cc2oc3c(ccc4c5cc(-c6ccc(C#N)cc6-n6c7ccccc7c7cc(C#N)ccc76)ccc5n(C5=CC=CCC5)c43)c2C1. The summed E-state index contributed by atoms with van der Waals surface area (Å²) in [6.45, 7) is 2.26. The maximum absolute atomic E-state index is 10.0. The van der Waals surface area contributed by atoms with E-state index in [-0.39, 0.29) is 0 Å². The van der Waals surface area contributed by atoms with Crippen LogP contribution in [0.2, 0.25) is 0 Å². The number of hydrogen-bond acceptors (Lipinski definition) is 3. The predicted octanol–water partition coefficient (Wildman–Crippen LogP) is 11.4. The van der Waals surface area contributed by atoms with Crippen LogP contribution in [0.5, 0.6) is 0 Å². The van der Waals surface area contributed by atoms with Gasteiger partial charge in [0.25, 0.3) is 0 Å². The first-order valence-corrected chi connectivity index (χ1v) is 17.2. The highest BCUT2D eigenvalue weighted by Crippen LogP contribution is 2.44. The Hall–Kier alpha value is -6.56. The molecule has 0 aliphatic heterocycles. The molecule has 236 valence electrons. The van der Waals surface area contributed by atoms with Crippen LogP contribution < -0.4 is 0 Å². The van der Waals surface area contributed by atoms with Crippen LogP contribution >= 0.6 is 0 Å². The van der Waals surface area contributed by atoms with Gasteiger partial charge in [0.15, 0.2) is 5.58 Å². The van der Waals surface area contributed by atoms with Gasteiger partial charge in [-0.15, -0.1) is 0 Å². The quantitative estimate of drug-likeness (QED) is 0.192. The standard InChI is InChI=1S/C45H30N4O/c1-27-11-20-43-38(21-27)35-17-16-34-37-24-30(14-19-40(37)48(44(34)45(35)50-43)31-7-3-2-4-8-31)32-15-12-29(26-47)23-42(32)49-39-10-6-5-9-33(39)36-22-28(25-46)13-18-41(36)49/h2-3,5-7,9-20,22-24,27H,4,8,21H2,1H3. The van der Waals surface area contributed by atoms with Crippen molar-refractivity contribution in [3.63, 3.8) is 0 Å². The lowest BCUT2D eigenvalue weighted by Gasteiger charge is -2.16. The number of allylic oxidation sites excluding steroid dienone is 5. The molecule has 0 amide bonds. The van der Waals surface area contributed by atoms with Gasteiger partial charge in [-0.2, -0.15) is 10.5 Å². The van der Waals surface area contributed by atoms with Crippen molar-refractivity contribution in [2.75, 3.05) is 0 Å². The molecule has 0 fully saturated rings. The van der Waals surface area contributed by atoms with Gasteiger partial charge in [-0.25, -0.2) is 0 Å². The van der Waals surface area contributed by atoms with Crippen LogP contribution in [0.25, 0.3) is 83.2 Å². The van der Waals surface area contributed by atoms with Crippen LogP contribution in [0, 0.1) is 28.6 Å². The fraction of sp³-hybridized carbons (Fsp3) is 0.111. The number of para-hydroxylation sites is 1. The molecule has 1 unspecified atom stereocenters. The van der Waals surface area contributed by atoms with E-state index in [1.54, 1.807) is 0 Å². The highest BCUT2D eigenvalue weighted by molar-refractivity contribution is 6.19. The Kier molecular flexibility index (Phi) is 6.10. The third-order valence-electron chi connectivity index (χ3n) is 10.6. The van der Waals surface area contributed by atoms with E-state index in [2.05, 4.69) is 107 Å². The van der Waals surface area contributed by atoms with Crippen LogP contribution in [0.4, 0.5) is 0 Å². The Bertz CT molecular complexity index is 2940. The van der Waals surface area contributed by atoms with Crippen LogP contribution in [0.15, 0.2) is 120 Å². The Morgan fingerprint density at radius 2 is 1.50 bits per heavy atom. The van der Waals surface area contributed by atoms with Crippen LogP contribution in [-0.4, -0.2) is 9.13 Å². The zero-order valence-electron chi connectivity index (χ0n) is 27.4. The minimum absolute atomic E-state index is 0.475. The second kappa shape index (κ2) is 10.7. The molecule has 2 aliphatic carbocycles. The van der Waals surface area contributed by atoms with Gasteiger partial charge < -0.3 is 13.6 Å². The van der Waals surface area contributed by atoms with Crippen molar-refractivity contribution in [2.24, 2.45) is 5.92 Å². The summed E-state index contributed by atoms with van der Waals surface area (Å²) in [5.41, 5.74) is 12.0. The molecule has 50 heavy (non-hydrogen) atoms. The smallest absolute Gasteiger partial charge is 0.159 e. The topological polar surface area (TPSA) is 70.6 Å². The molecule has 5 heteroatoms. The molecule has 8 aromatic rings. The van der Waals surface area contributed by atoms with Gasteiger partial charge in [0.05, 0.1) is 51.0 Å². The van der Waals surface area contributed by atoms with Gasteiger partial charge in [0.2, 0.25) is 0 Å². The zero-order chi connectivity index (χ0) is 33.5. The fourth-order valence-corrected chi connectivity index (χ4v) is 8.28. The number of fused-ring (bicyclic) bond motifs is 10. The number of nitriles is 2. The number of furan rings is 1. The molecule has 2 aliphatic rings. The number of aromatic nitrogens is 2. The van der Waals surface area contributed by atoms with E-state index in [0.717, 1.165) is 91.0 Å². The molecule has 0 N–H and O–H groups in total. The lowest BCUT2D eigenvalue weighted by atomic mass is 9.93. The van der Waals surface area contributed by atoms with E-state index in [0.29, 0.717) is 17.0 Å². The number of benzene rings is 5. The van der Waals surface area contributed by atoms with Crippen molar-refractivity contribution in [3.05, 3.63) is 138 Å². The number of hydrogen-bond donors (Lipinski definition) is 0. The molecule has 0 bridgehead atoms. The Labute approximate surface area is 288 Å². The molecule has 5 nitrogen and oxygen atoms in total. The summed E-state index contributed by atoms with van der Waals surface area (Å²) < 4.78 is 11.4. The molecule has 10 rings (SSSR count). The lowest BCUT2D eigenvalue weighted by molar-refractivity contribution is 0.585. The van der Waals surface area contributed by atoms with Gasteiger partial charge in [0.1, 0.15) is 5.76 Å². The molecule has 0 radical (unpaired) electrons. The highest BCUT2D eigenvalue weighted by atomic mass is 16.3. The minimum atomic E-state index is 0.475. The molecule has 1 atom stereocenters. The minimum Gasteiger partial charge on any atom is -0.454 e. The van der Waals surface area contributed by atoms with Gasteiger partial charge in [-0.05, 0) is 91.4 Å². The molecule has 3 aromatic heterocycles. The lowest BCUT2D eigenvalue weighted by Crippen LogP contribution is -2.01. The first-order valence-electron chi connectivity index (χ1n) is 17.2. The Morgan fingerprint density at radius 1 is 0.740 bits per heavy atom. The molecule has 0 saturated carbocycles. The van der Waals surface area contributed by atoms with Gasteiger partial charge in [-0.3, -0.25) is 0 Å². The van der Waals surface area contributed by atoms with Crippen LogP contribution in [-0.2, 0) is 6.42 Å². The van der Waals surface area contributed by atoms with Crippen molar-refractivity contribution >= 4 is 66.4 Å². The van der Waals surface area contributed by atoms with Crippen molar-refractivity contribution in [1.29, 1.82) is 10.5 Å². The van der Waals surface area contributed by atoms with Crippen LogP contribution in [0.1, 0.15) is 42.2 Å². The van der Waals surface area contributed by atoms with E-state index < -0.39 is 0 Å². The third-order valence-corrected chi connectivity index (χ3v) is 10.6. The average molecular weight is 643 g/mol. The molecular weight excluding hydrogens is 613 g/mol. The molecule has 5 aromatic carbocycles. The Morgan fingerprint density at radius 3 is 2.36 bits per heavy atom. The average Bonchev–Trinajstić information content (AvgIpc) is 3.81. The first kappa shape index (κ1) is 28.5. The van der Waals surface area contributed by atoms with Crippen molar-refractivity contribution in [2.45, 2.75) is 26.2 Å². The zero-order valence-corrected chi connectivity index (χ0v) is 27.4. The summed E-state index contributed by atoms with van der Waals surface area (Å²) in [7, 11) is 0. The van der Waals surface area contributed by atoms with Gasteiger partial charge in [0, 0.05) is 43.8 Å². The van der Waals surface area contributed by atoms with Gasteiger partial charge >= 0.3 is 0 Å².